The van der Waals surface area contributed by atoms with Gasteiger partial charge in [-0.2, -0.15) is 13.2 Å². The number of Topliss-reactive ketones (excluding diaryl/α,β-unsaturated/α-hetero) is 1. The largest absolute Gasteiger partial charge is 0.452 e. The van der Waals surface area contributed by atoms with Gasteiger partial charge in [-0.05, 0) is 37.9 Å². The fourth-order valence-corrected chi connectivity index (χ4v) is 1.79. The number of nitrogens with two attached hydrogens (primary N) is 1. The number of nitrogens with one attached hydrogen (secondary N) is 1. The molecule has 0 radical (unpaired) electrons. The molecule has 0 bridgehead atoms. The van der Waals surface area contributed by atoms with Gasteiger partial charge in [0.05, 0.1) is 6.04 Å². The molecule has 0 aliphatic heterocycles. The van der Waals surface area contributed by atoms with Crippen LogP contribution in [-0.4, -0.2) is 30.5 Å². The Hall–Kier alpha value is -1.89. The number of amides is 1. The zero-order valence-electron chi connectivity index (χ0n) is 11.3. The van der Waals surface area contributed by atoms with Crippen molar-refractivity contribution in [3.05, 3.63) is 35.9 Å². The molecule has 0 fully saturated rings. The van der Waals surface area contributed by atoms with E-state index in [1.54, 1.807) is 18.2 Å². The lowest BCUT2D eigenvalue weighted by Crippen LogP contribution is -2.46. The number of carbonyl (C=O) groups is 2. The lowest BCUT2D eigenvalue weighted by Gasteiger charge is -2.19. The molecule has 0 aliphatic rings. The zero-order valence-corrected chi connectivity index (χ0v) is 11.3. The number of halogens is 3. The van der Waals surface area contributed by atoms with Gasteiger partial charge in [0.2, 0.25) is 0 Å². The fourth-order valence-electron chi connectivity index (χ4n) is 1.79. The maximum Gasteiger partial charge on any atom is 0.452 e. The second-order valence-corrected chi connectivity index (χ2v) is 4.54. The number of benzene rings is 1. The van der Waals surface area contributed by atoms with Crippen LogP contribution in [-0.2, 0) is 4.79 Å². The van der Waals surface area contributed by atoms with Crippen molar-refractivity contribution in [2.24, 2.45) is 5.73 Å². The van der Waals surface area contributed by atoms with E-state index in [0.717, 1.165) is 0 Å². The summed E-state index contributed by atoms with van der Waals surface area (Å²) in [6.07, 6.45) is -4.24. The Bertz CT molecular complexity index is 475. The second-order valence-electron chi connectivity index (χ2n) is 4.54. The number of rotatable bonds is 7. The van der Waals surface area contributed by atoms with Gasteiger partial charge in [-0.15, -0.1) is 0 Å². The van der Waals surface area contributed by atoms with Crippen molar-refractivity contribution < 1.29 is 22.8 Å². The molecule has 1 atom stereocenters. The molecule has 1 amide bonds. The van der Waals surface area contributed by atoms with Crippen LogP contribution < -0.4 is 11.1 Å². The maximum absolute atomic E-state index is 12.5. The van der Waals surface area contributed by atoms with E-state index < -0.39 is 23.9 Å². The van der Waals surface area contributed by atoms with Gasteiger partial charge >= 0.3 is 6.18 Å². The third-order valence-electron chi connectivity index (χ3n) is 2.88. The van der Waals surface area contributed by atoms with Crippen molar-refractivity contribution in [1.82, 2.24) is 5.32 Å². The summed E-state index contributed by atoms with van der Waals surface area (Å²) in [6, 6.07) is 6.20. The second kappa shape index (κ2) is 7.78. The smallest absolute Gasteiger partial charge is 0.342 e. The maximum atomic E-state index is 12.5. The zero-order chi connectivity index (χ0) is 15.9. The SMILES string of the molecule is NCCCCC(NC(=O)c1ccccc1)C(=O)C(F)(F)F. The number of hydrogen-bond donors (Lipinski definition) is 2. The van der Waals surface area contributed by atoms with Crippen LogP contribution in [0.15, 0.2) is 30.3 Å². The summed E-state index contributed by atoms with van der Waals surface area (Å²) in [6.45, 7) is 0.319. The number of carbonyl (C=O) groups excluding carboxylic acids is 2. The Morgan fingerprint density at radius 3 is 2.29 bits per heavy atom. The molecule has 1 aromatic rings. The highest BCUT2D eigenvalue weighted by molar-refractivity contribution is 5.99. The van der Waals surface area contributed by atoms with E-state index in [1.807, 2.05) is 0 Å². The number of hydrogen-bond acceptors (Lipinski definition) is 3. The normalized spacial score (nSPS) is 12.8. The molecule has 0 aliphatic carbocycles. The van der Waals surface area contributed by atoms with E-state index in [1.165, 1.54) is 12.1 Å². The predicted molar refractivity (Wildman–Crippen MR) is 71.7 cm³/mol. The molecule has 1 unspecified atom stereocenters. The van der Waals surface area contributed by atoms with Gasteiger partial charge in [0.25, 0.3) is 11.7 Å². The first-order chi connectivity index (χ1) is 9.86. The van der Waals surface area contributed by atoms with Crippen LogP contribution in [0.5, 0.6) is 0 Å². The highest BCUT2D eigenvalue weighted by atomic mass is 19.4. The van der Waals surface area contributed by atoms with E-state index >= 15 is 0 Å². The third-order valence-corrected chi connectivity index (χ3v) is 2.88. The molecule has 3 N–H and O–H groups in total. The first kappa shape index (κ1) is 17.2. The number of unbranched alkanes of at least 4 members (excludes halogenated alkanes) is 1. The van der Waals surface area contributed by atoms with Crippen molar-refractivity contribution in [1.29, 1.82) is 0 Å². The first-order valence-electron chi connectivity index (χ1n) is 6.53. The lowest BCUT2D eigenvalue weighted by atomic mass is 10.0. The summed E-state index contributed by atoms with van der Waals surface area (Å²) in [4.78, 5) is 23.2. The van der Waals surface area contributed by atoms with E-state index in [9.17, 15) is 22.8 Å². The molecule has 0 saturated carbocycles. The molecule has 4 nitrogen and oxygen atoms in total. The van der Waals surface area contributed by atoms with Crippen LogP contribution in [0.1, 0.15) is 29.6 Å². The van der Waals surface area contributed by atoms with Crippen molar-refractivity contribution in [3.63, 3.8) is 0 Å². The molecule has 0 saturated heterocycles. The Labute approximate surface area is 120 Å². The van der Waals surface area contributed by atoms with Crippen LogP contribution in [0.25, 0.3) is 0 Å². The van der Waals surface area contributed by atoms with Crippen molar-refractivity contribution >= 4 is 11.7 Å². The highest BCUT2D eigenvalue weighted by Gasteiger charge is 2.43. The van der Waals surface area contributed by atoms with Gasteiger partial charge in [-0.25, -0.2) is 0 Å². The Morgan fingerprint density at radius 1 is 1.14 bits per heavy atom. The molecule has 116 valence electrons. The van der Waals surface area contributed by atoms with Gasteiger partial charge in [-0.3, -0.25) is 9.59 Å². The molecule has 1 aromatic carbocycles. The summed E-state index contributed by atoms with van der Waals surface area (Å²) in [5, 5.41) is 2.15. The van der Waals surface area contributed by atoms with E-state index in [4.69, 9.17) is 5.73 Å². The Balaban J connectivity index is 2.77. The predicted octanol–water partition coefficient (Wildman–Crippen LogP) is 2.05. The molecule has 0 aromatic heterocycles. The molecular weight excluding hydrogens is 285 g/mol. The topological polar surface area (TPSA) is 72.2 Å². The van der Waals surface area contributed by atoms with Gasteiger partial charge in [0.1, 0.15) is 0 Å². The van der Waals surface area contributed by atoms with Crippen LogP contribution in [0, 0.1) is 0 Å². The lowest BCUT2D eigenvalue weighted by molar-refractivity contribution is -0.173. The van der Waals surface area contributed by atoms with Crippen LogP contribution >= 0.6 is 0 Å². The van der Waals surface area contributed by atoms with Crippen LogP contribution in [0.4, 0.5) is 13.2 Å². The summed E-state index contributed by atoms with van der Waals surface area (Å²) in [5.41, 5.74) is 5.48. The van der Waals surface area contributed by atoms with Crippen molar-refractivity contribution in [3.8, 4) is 0 Å². The molecule has 0 heterocycles. The van der Waals surface area contributed by atoms with Gasteiger partial charge in [-0.1, -0.05) is 18.2 Å². The minimum atomic E-state index is -4.97. The fraction of sp³-hybridized carbons (Fsp3) is 0.429. The monoisotopic (exact) mass is 302 g/mol. The number of ketones is 1. The summed E-state index contributed by atoms with van der Waals surface area (Å²) < 4.78 is 37.6. The highest BCUT2D eigenvalue weighted by Crippen LogP contribution is 2.20. The third kappa shape index (κ3) is 5.55. The van der Waals surface area contributed by atoms with E-state index in [0.29, 0.717) is 19.4 Å². The minimum Gasteiger partial charge on any atom is -0.342 e. The molecular formula is C14H17F3N2O2. The standard InChI is InChI=1S/C14H17F3N2O2/c15-14(16,17)12(20)11(8-4-5-9-18)19-13(21)10-6-2-1-3-7-10/h1-3,6-7,11H,4-5,8-9,18H2,(H,19,21). The average molecular weight is 302 g/mol. The molecule has 21 heavy (non-hydrogen) atoms. The molecule has 1 rings (SSSR count). The summed E-state index contributed by atoms with van der Waals surface area (Å²) >= 11 is 0. The molecule has 0 spiro atoms. The number of alkyl halides is 3. The van der Waals surface area contributed by atoms with Gasteiger partial charge < -0.3 is 11.1 Å². The van der Waals surface area contributed by atoms with Gasteiger partial charge in [0, 0.05) is 5.56 Å². The van der Waals surface area contributed by atoms with Crippen molar-refractivity contribution in [2.75, 3.05) is 6.54 Å². The summed E-state index contributed by atoms with van der Waals surface area (Å²) in [5.74, 6) is -2.64. The van der Waals surface area contributed by atoms with Gasteiger partial charge in [0.15, 0.2) is 0 Å². The van der Waals surface area contributed by atoms with Crippen LogP contribution in [0.3, 0.4) is 0 Å². The van der Waals surface area contributed by atoms with E-state index in [-0.39, 0.29) is 12.0 Å². The Kier molecular flexibility index (Phi) is 6.36. The average Bonchev–Trinajstić information content (AvgIpc) is 2.45. The molecule has 7 heteroatoms. The quantitative estimate of drug-likeness (QED) is 0.757. The summed E-state index contributed by atoms with van der Waals surface area (Å²) in [7, 11) is 0. The van der Waals surface area contributed by atoms with Crippen LogP contribution in [0.2, 0.25) is 0 Å². The van der Waals surface area contributed by atoms with E-state index in [2.05, 4.69) is 5.32 Å². The minimum absolute atomic E-state index is 0.0892. The first-order valence-corrected chi connectivity index (χ1v) is 6.53. The Morgan fingerprint density at radius 2 is 1.76 bits per heavy atom. The van der Waals surface area contributed by atoms with Crippen molar-refractivity contribution in [2.45, 2.75) is 31.5 Å².